The first-order chi connectivity index (χ1) is 20.7. The molecule has 0 radical (unpaired) electrons. The second kappa shape index (κ2) is 15.8. The Morgan fingerprint density at radius 2 is 1.30 bits per heavy atom. The summed E-state index contributed by atoms with van der Waals surface area (Å²) in [5, 5.41) is 26.5. The summed E-state index contributed by atoms with van der Waals surface area (Å²) in [6.45, 7) is 0. The van der Waals surface area contributed by atoms with Crippen molar-refractivity contribution in [1.29, 1.82) is 0 Å². The lowest BCUT2D eigenvalue weighted by Crippen LogP contribution is -2.24. The Balaban J connectivity index is 0.000000172. The van der Waals surface area contributed by atoms with Crippen LogP contribution in [0.4, 0.5) is 0 Å². The lowest BCUT2D eigenvalue weighted by Gasteiger charge is -2.24. The second-order valence-corrected chi connectivity index (χ2v) is 10.5. The van der Waals surface area contributed by atoms with Gasteiger partial charge in [0.1, 0.15) is 18.8 Å². The average molecular weight is 626 g/mol. The molecule has 2 aromatic heterocycles. The molecule has 6 rings (SSSR count). The van der Waals surface area contributed by atoms with E-state index in [2.05, 4.69) is 20.2 Å². The van der Waals surface area contributed by atoms with Gasteiger partial charge in [0.25, 0.3) is 0 Å². The summed E-state index contributed by atoms with van der Waals surface area (Å²) >= 11 is 11.8. The highest BCUT2D eigenvalue weighted by atomic mass is 35.5. The molecule has 4 aromatic rings. The zero-order valence-electron chi connectivity index (χ0n) is 23.0. The average Bonchev–Trinajstić information content (AvgIpc) is 3.63. The minimum Gasteiger partial charge on any atom is -0.478 e. The number of hydrogen-bond acceptors (Lipinski definition) is 8. The van der Waals surface area contributed by atoms with Gasteiger partial charge in [-0.1, -0.05) is 47.5 Å². The molecule has 0 saturated heterocycles. The lowest BCUT2D eigenvalue weighted by molar-refractivity contribution is -0.146. The van der Waals surface area contributed by atoms with Gasteiger partial charge in [0.2, 0.25) is 0 Å². The van der Waals surface area contributed by atoms with Crippen LogP contribution in [0.1, 0.15) is 38.5 Å². The normalized spacial score (nSPS) is 14.7. The molecule has 0 spiro atoms. The molecule has 0 aliphatic heterocycles. The minimum atomic E-state index is -1.04. The topological polar surface area (TPSA) is 145 Å². The quantitative estimate of drug-likeness (QED) is 0.191. The molecule has 0 atom stereocenters. The van der Waals surface area contributed by atoms with Crippen molar-refractivity contribution in [3.63, 3.8) is 0 Å². The van der Waals surface area contributed by atoms with Crippen molar-refractivity contribution in [2.24, 2.45) is 0 Å². The number of rotatable bonds is 7. The fraction of sp³-hybridized carbons (Fsp3) is 0.267. The Morgan fingerprint density at radius 3 is 1.70 bits per heavy atom. The number of aromatic nitrogens is 6. The smallest absolute Gasteiger partial charge is 0.332 e. The first-order valence-electron chi connectivity index (χ1n) is 13.6. The van der Waals surface area contributed by atoms with E-state index in [0.717, 1.165) is 49.3 Å². The predicted octanol–water partition coefficient (Wildman–Crippen LogP) is 5.85. The van der Waals surface area contributed by atoms with Crippen molar-refractivity contribution < 1.29 is 24.5 Å². The molecule has 11 nitrogen and oxygen atoms in total. The maximum absolute atomic E-state index is 11.6. The monoisotopic (exact) mass is 624 g/mol. The van der Waals surface area contributed by atoms with Crippen LogP contribution in [0, 0.1) is 0 Å². The van der Waals surface area contributed by atoms with E-state index in [1.807, 2.05) is 18.2 Å². The molecule has 2 aliphatic rings. The molecule has 2 saturated carbocycles. The highest BCUT2D eigenvalue weighted by molar-refractivity contribution is 6.31. The number of benzene rings is 2. The number of carbonyl (C=O) groups is 2. The van der Waals surface area contributed by atoms with Crippen LogP contribution in [0.2, 0.25) is 10.0 Å². The summed E-state index contributed by atoms with van der Waals surface area (Å²) in [6.07, 6.45) is 14.7. The zero-order valence-corrected chi connectivity index (χ0v) is 24.6. The van der Waals surface area contributed by atoms with E-state index in [4.69, 9.17) is 38.2 Å². The van der Waals surface area contributed by atoms with Crippen LogP contribution in [-0.4, -0.2) is 63.9 Å². The van der Waals surface area contributed by atoms with Gasteiger partial charge in [0.05, 0.1) is 6.10 Å². The first kappa shape index (κ1) is 31.6. The van der Waals surface area contributed by atoms with Gasteiger partial charge >= 0.3 is 11.9 Å². The summed E-state index contributed by atoms with van der Waals surface area (Å²) in [5.41, 5.74) is 1.60. The van der Waals surface area contributed by atoms with Crippen LogP contribution in [-0.2, 0) is 14.3 Å². The van der Waals surface area contributed by atoms with E-state index in [0.29, 0.717) is 21.7 Å². The molecule has 43 heavy (non-hydrogen) atoms. The number of aliphatic carboxylic acids is 1. The van der Waals surface area contributed by atoms with Crippen LogP contribution in [0.3, 0.4) is 0 Å². The van der Waals surface area contributed by atoms with Crippen molar-refractivity contribution >= 4 is 47.5 Å². The number of aliphatic hydroxyl groups is 1. The van der Waals surface area contributed by atoms with E-state index >= 15 is 0 Å². The number of halogens is 2. The van der Waals surface area contributed by atoms with Crippen LogP contribution in [0.25, 0.3) is 35.2 Å². The Labute approximate surface area is 258 Å². The number of ether oxygens (including phenoxy) is 1. The number of carboxylic acid groups (broad SMARTS) is 1. The van der Waals surface area contributed by atoms with Crippen LogP contribution in [0.15, 0.2) is 73.3 Å². The van der Waals surface area contributed by atoms with Gasteiger partial charge in [-0.3, -0.25) is 0 Å². The molecule has 0 amide bonds. The summed E-state index contributed by atoms with van der Waals surface area (Å²) in [6, 6.07) is 14.4. The fourth-order valence-electron chi connectivity index (χ4n) is 3.57. The summed E-state index contributed by atoms with van der Waals surface area (Å²) in [4.78, 5) is 30.1. The third kappa shape index (κ3) is 10.5. The Morgan fingerprint density at radius 1 is 0.814 bits per heavy atom. The molecule has 13 heteroatoms. The third-order valence-corrected chi connectivity index (χ3v) is 6.80. The van der Waals surface area contributed by atoms with Gasteiger partial charge < -0.3 is 14.9 Å². The molecule has 224 valence electrons. The van der Waals surface area contributed by atoms with Crippen molar-refractivity contribution in [2.45, 2.75) is 50.7 Å². The van der Waals surface area contributed by atoms with E-state index in [1.165, 1.54) is 46.9 Å². The van der Waals surface area contributed by atoms with Gasteiger partial charge in [-0.05, 0) is 62.8 Å². The molecular weight excluding hydrogens is 595 g/mol. The Kier molecular flexibility index (Phi) is 11.6. The molecular formula is C30H30Cl2N6O5. The lowest BCUT2D eigenvalue weighted by atomic mass is 9.96. The van der Waals surface area contributed by atoms with Crippen LogP contribution in [0.5, 0.6) is 0 Å². The predicted molar refractivity (Wildman–Crippen MR) is 163 cm³/mol. The molecule has 0 bridgehead atoms. The van der Waals surface area contributed by atoms with Crippen LogP contribution >= 0.6 is 23.2 Å². The summed E-state index contributed by atoms with van der Waals surface area (Å²) < 4.78 is 8.00. The van der Waals surface area contributed by atoms with Gasteiger partial charge in [0.15, 0.2) is 11.6 Å². The van der Waals surface area contributed by atoms with Gasteiger partial charge in [-0.2, -0.15) is 0 Å². The Hall–Kier alpha value is -4.32. The van der Waals surface area contributed by atoms with Crippen molar-refractivity contribution in [3.8, 4) is 22.8 Å². The third-order valence-electron chi connectivity index (χ3n) is 6.33. The molecule has 0 unspecified atom stereocenters. The van der Waals surface area contributed by atoms with Crippen molar-refractivity contribution in [3.05, 3.63) is 83.4 Å². The first-order valence-corrected chi connectivity index (χ1v) is 14.3. The highest BCUT2D eigenvalue weighted by Gasteiger charge is 2.20. The Bertz CT molecular complexity index is 1580. The largest absolute Gasteiger partial charge is 0.478 e. The number of carboxylic acids is 1. The zero-order chi connectivity index (χ0) is 30.6. The van der Waals surface area contributed by atoms with E-state index in [1.54, 1.807) is 30.3 Å². The molecule has 2 aliphatic carbocycles. The fourth-order valence-corrected chi connectivity index (χ4v) is 3.95. The molecule has 2 heterocycles. The highest BCUT2D eigenvalue weighted by Crippen LogP contribution is 2.22. The van der Waals surface area contributed by atoms with E-state index in [9.17, 15) is 9.59 Å². The van der Waals surface area contributed by atoms with Gasteiger partial charge in [0, 0.05) is 45.7 Å². The number of aliphatic hydroxyl groups excluding tert-OH is 1. The molecule has 2 aromatic carbocycles. The second-order valence-electron chi connectivity index (χ2n) is 9.66. The van der Waals surface area contributed by atoms with E-state index in [-0.39, 0.29) is 18.2 Å². The molecule has 2 fully saturated rings. The van der Waals surface area contributed by atoms with Crippen LogP contribution < -0.4 is 0 Å². The summed E-state index contributed by atoms with van der Waals surface area (Å²) in [7, 11) is 0. The number of carbonyl (C=O) groups excluding carboxylic acids is 1. The SMILES string of the molecule is O=C(/C=C\n1cnc(-c2cccc(Cl)c2)n1)OC1CCC1.O=C(O)/C=C\n1cnc(-c2cccc(Cl)c2)n1.OC1CCC1. The maximum atomic E-state index is 11.6. The van der Waals surface area contributed by atoms with Crippen molar-refractivity contribution in [2.75, 3.05) is 0 Å². The van der Waals surface area contributed by atoms with Gasteiger partial charge in [-0.15, -0.1) is 10.2 Å². The summed E-state index contributed by atoms with van der Waals surface area (Å²) in [5.74, 6) is -0.346. The standard InChI is InChI=1S/C15H14ClN3O2.C11H8ClN3O2.C4H8O/c16-12-4-1-3-11(9-12)15-17-10-19(18-15)8-7-14(20)21-13-5-2-6-13;12-9-3-1-2-8(6-9)11-13-7-15(14-11)5-4-10(16)17;5-4-2-1-3-4/h1,3-4,7-10,13H,2,5-6H2;1-7H,(H,16,17);4-5H,1-3H2/b8-7-;5-4-;. The molecule has 2 N–H and O–H groups in total. The van der Waals surface area contributed by atoms with E-state index < -0.39 is 5.97 Å². The number of hydrogen-bond donors (Lipinski definition) is 2. The number of nitrogens with zero attached hydrogens (tertiary/aromatic N) is 6. The minimum absolute atomic E-state index is 0.0648. The maximum Gasteiger partial charge on any atom is 0.332 e. The van der Waals surface area contributed by atoms with Crippen molar-refractivity contribution in [1.82, 2.24) is 29.5 Å². The number of esters is 1. The van der Waals surface area contributed by atoms with Gasteiger partial charge in [-0.25, -0.2) is 28.9 Å².